The van der Waals surface area contributed by atoms with E-state index in [1.807, 2.05) is 66.7 Å². The summed E-state index contributed by atoms with van der Waals surface area (Å²) >= 11 is 0. The summed E-state index contributed by atoms with van der Waals surface area (Å²) in [6.45, 7) is 0. The third-order valence-corrected chi connectivity index (χ3v) is 8.85. The second-order valence-corrected chi connectivity index (χ2v) is 11.5. The topological polar surface area (TPSA) is 53.6 Å². The fraction of sp³-hybridized carbons (Fsp3) is 0.0244. The molecule has 0 aliphatic carbocycles. The molecule has 0 saturated carbocycles. The maximum atomic E-state index is 10.4. The first-order valence-electron chi connectivity index (χ1n) is 15.2. The van der Waals surface area contributed by atoms with Crippen LogP contribution in [0.4, 0.5) is 0 Å². The Balaban J connectivity index is 1.46. The Hall–Kier alpha value is -5.42. The molecule has 4 heteroatoms. The predicted molar refractivity (Wildman–Crippen MR) is 186 cm³/mol. The van der Waals surface area contributed by atoms with Gasteiger partial charge in [-0.15, -0.1) is 0 Å². The molecule has 1 unspecified atom stereocenters. The molecule has 0 spiro atoms. The second kappa shape index (κ2) is 11.3. The normalized spacial score (nSPS) is 12.1. The molecule has 45 heavy (non-hydrogen) atoms. The minimum absolute atomic E-state index is 0.198. The lowest BCUT2D eigenvalue weighted by Gasteiger charge is -2.25. The van der Waals surface area contributed by atoms with Crippen molar-refractivity contribution in [2.75, 3.05) is 0 Å². The predicted octanol–water partition coefficient (Wildman–Crippen LogP) is 8.93. The fourth-order valence-electron chi connectivity index (χ4n) is 6.77. The Bertz CT molecular complexity index is 2310. The molecular weight excluding hydrogens is 551 g/mol. The van der Waals surface area contributed by atoms with Crippen LogP contribution in [0, 0.1) is 0 Å². The van der Waals surface area contributed by atoms with Crippen LogP contribution in [0.15, 0.2) is 162 Å². The van der Waals surface area contributed by atoms with Crippen molar-refractivity contribution in [1.82, 2.24) is 0 Å². The van der Waals surface area contributed by atoms with Crippen molar-refractivity contribution in [3.05, 3.63) is 174 Å². The van der Waals surface area contributed by atoms with E-state index >= 15 is 0 Å². The highest BCUT2D eigenvalue weighted by Crippen LogP contribution is 2.44. The molecule has 0 bridgehead atoms. The highest BCUT2D eigenvalue weighted by atomic mass is 16.4. The van der Waals surface area contributed by atoms with Crippen molar-refractivity contribution in [3.63, 3.8) is 0 Å². The first kappa shape index (κ1) is 27.2. The zero-order chi connectivity index (χ0) is 30.3. The van der Waals surface area contributed by atoms with Gasteiger partial charge in [0.15, 0.2) is 0 Å². The third kappa shape index (κ3) is 4.81. The van der Waals surface area contributed by atoms with Gasteiger partial charge in [0.25, 0.3) is 0 Å². The van der Waals surface area contributed by atoms with Crippen LogP contribution in [0.1, 0.15) is 22.6 Å². The summed E-state index contributed by atoms with van der Waals surface area (Å²) in [4.78, 5) is 0. The molecule has 1 aromatic heterocycles. The Morgan fingerprint density at radius 3 is 1.82 bits per heavy atom. The van der Waals surface area contributed by atoms with E-state index in [2.05, 4.69) is 91.0 Å². The Morgan fingerprint density at radius 1 is 0.467 bits per heavy atom. The molecule has 1 atom stereocenters. The summed E-state index contributed by atoms with van der Waals surface area (Å²) < 4.78 is 6.39. The van der Waals surface area contributed by atoms with E-state index < -0.39 is 7.12 Å². The van der Waals surface area contributed by atoms with Crippen molar-refractivity contribution in [2.45, 2.75) is 5.92 Å². The van der Waals surface area contributed by atoms with Crippen LogP contribution in [0.2, 0.25) is 0 Å². The number of hydrogen-bond acceptors (Lipinski definition) is 3. The average molecular weight is 580 g/mol. The van der Waals surface area contributed by atoms with Gasteiger partial charge in [-0.3, -0.25) is 0 Å². The van der Waals surface area contributed by atoms with E-state index in [1.165, 1.54) is 10.9 Å². The van der Waals surface area contributed by atoms with Crippen molar-refractivity contribution >= 4 is 45.3 Å². The monoisotopic (exact) mass is 580 g/mol. The van der Waals surface area contributed by atoms with E-state index in [4.69, 9.17) is 4.42 Å². The van der Waals surface area contributed by atoms with Crippen LogP contribution in [0.3, 0.4) is 0 Å². The molecule has 0 radical (unpaired) electrons. The molecule has 7 aromatic carbocycles. The fourth-order valence-corrected chi connectivity index (χ4v) is 6.77. The minimum atomic E-state index is -1.60. The van der Waals surface area contributed by atoms with Gasteiger partial charge in [0.1, 0.15) is 11.2 Å². The van der Waals surface area contributed by atoms with Crippen molar-refractivity contribution in [1.29, 1.82) is 0 Å². The van der Waals surface area contributed by atoms with Crippen LogP contribution in [0.5, 0.6) is 0 Å². The summed E-state index contributed by atoms with van der Waals surface area (Å²) in [6.07, 6.45) is 0. The molecule has 1 heterocycles. The van der Waals surface area contributed by atoms with Crippen molar-refractivity contribution in [3.8, 4) is 22.3 Å². The van der Waals surface area contributed by atoms with Crippen molar-refractivity contribution < 1.29 is 14.5 Å². The lowest BCUT2D eigenvalue weighted by atomic mass is 9.72. The maximum Gasteiger partial charge on any atom is 0.489 e. The second-order valence-electron chi connectivity index (χ2n) is 11.5. The Morgan fingerprint density at radius 2 is 1.07 bits per heavy atom. The van der Waals surface area contributed by atoms with Gasteiger partial charge in [-0.1, -0.05) is 146 Å². The van der Waals surface area contributed by atoms with E-state index in [-0.39, 0.29) is 5.92 Å². The van der Waals surface area contributed by atoms with Crippen LogP contribution in [-0.2, 0) is 0 Å². The summed E-state index contributed by atoms with van der Waals surface area (Å²) in [7, 11) is -1.60. The number of furan rings is 1. The van der Waals surface area contributed by atoms with E-state index in [9.17, 15) is 10.0 Å². The first-order chi connectivity index (χ1) is 22.2. The molecule has 8 rings (SSSR count). The molecular formula is C41H29BO3. The molecule has 8 aromatic rings. The average Bonchev–Trinajstić information content (AvgIpc) is 3.47. The van der Waals surface area contributed by atoms with Crippen LogP contribution in [-0.4, -0.2) is 17.2 Å². The number of benzene rings is 7. The summed E-state index contributed by atoms with van der Waals surface area (Å²) in [6, 6.07) is 54.1. The Labute approximate surface area is 261 Å². The van der Waals surface area contributed by atoms with Gasteiger partial charge in [0, 0.05) is 16.7 Å². The maximum absolute atomic E-state index is 10.4. The van der Waals surface area contributed by atoms with Gasteiger partial charge in [-0.05, 0) is 67.3 Å². The molecule has 3 nitrogen and oxygen atoms in total. The number of fused-ring (bicyclic) bond motifs is 4. The van der Waals surface area contributed by atoms with Crippen molar-refractivity contribution in [2.24, 2.45) is 0 Å². The smallest absolute Gasteiger partial charge is 0.456 e. The zero-order valence-corrected chi connectivity index (χ0v) is 24.5. The molecule has 0 saturated heterocycles. The van der Waals surface area contributed by atoms with E-state index in [1.54, 1.807) is 0 Å². The molecule has 0 fully saturated rings. The largest absolute Gasteiger partial charge is 0.489 e. The van der Waals surface area contributed by atoms with Gasteiger partial charge in [-0.2, -0.15) is 0 Å². The molecule has 214 valence electrons. The molecule has 0 amide bonds. The lowest BCUT2D eigenvalue weighted by molar-refractivity contribution is 0.426. The highest BCUT2D eigenvalue weighted by Gasteiger charge is 2.26. The van der Waals surface area contributed by atoms with Crippen LogP contribution < -0.4 is 5.46 Å². The third-order valence-electron chi connectivity index (χ3n) is 8.85. The van der Waals surface area contributed by atoms with Crippen LogP contribution >= 0.6 is 0 Å². The summed E-state index contributed by atoms with van der Waals surface area (Å²) in [5.41, 5.74) is 9.50. The number of para-hydroxylation sites is 1. The van der Waals surface area contributed by atoms with E-state index in [0.717, 1.165) is 60.7 Å². The van der Waals surface area contributed by atoms with Crippen LogP contribution in [0.25, 0.3) is 55.0 Å². The lowest BCUT2D eigenvalue weighted by Crippen LogP contribution is -2.31. The highest BCUT2D eigenvalue weighted by molar-refractivity contribution is 6.60. The molecule has 2 N–H and O–H groups in total. The molecule has 0 aliphatic heterocycles. The standard InChI is InChI=1S/C41H29BO3/c43-42(44)37-24-21-30(25-36(37)28-13-5-2-6-14-28)40(31-20-23-35-34-17-9-10-18-38(34)45-39(35)26-31)41-32-16-8-7-15-29(32)19-22-33(41)27-11-3-1-4-12-27/h1-26,40,43-44H. The summed E-state index contributed by atoms with van der Waals surface area (Å²) in [5, 5.41) is 25.3. The van der Waals surface area contributed by atoms with Gasteiger partial charge in [0.05, 0.1) is 0 Å². The SMILES string of the molecule is OB(O)c1ccc(C(c2ccc3c(c2)oc2ccccc23)c2c(-c3ccccc3)ccc3ccccc23)cc1-c1ccccc1. The zero-order valence-electron chi connectivity index (χ0n) is 24.5. The Kier molecular flexibility index (Phi) is 6.79. The van der Waals surface area contributed by atoms with Gasteiger partial charge >= 0.3 is 7.12 Å². The number of rotatable bonds is 6. The van der Waals surface area contributed by atoms with Gasteiger partial charge < -0.3 is 14.5 Å². The van der Waals surface area contributed by atoms with E-state index in [0.29, 0.717) is 5.46 Å². The quantitative estimate of drug-likeness (QED) is 0.153. The minimum Gasteiger partial charge on any atom is -0.456 e. The summed E-state index contributed by atoms with van der Waals surface area (Å²) in [5.74, 6) is -0.198. The number of hydrogen-bond donors (Lipinski definition) is 2. The van der Waals surface area contributed by atoms with Gasteiger partial charge in [-0.25, -0.2) is 0 Å². The first-order valence-corrected chi connectivity index (χ1v) is 15.2. The van der Waals surface area contributed by atoms with Gasteiger partial charge in [0.2, 0.25) is 0 Å². The molecule has 0 aliphatic rings.